The van der Waals surface area contributed by atoms with Crippen LogP contribution in [0.4, 0.5) is 0 Å². The van der Waals surface area contributed by atoms with Crippen molar-refractivity contribution in [3.05, 3.63) is 35.9 Å². The first-order chi connectivity index (χ1) is 9.50. The molecule has 1 aliphatic carbocycles. The van der Waals surface area contributed by atoms with Crippen LogP contribution in [0.5, 0.6) is 0 Å². The topological polar surface area (TPSA) is 23.5 Å². The predicted octanol–water partition coefficient (Wildman–Crippen LogP) is 3.66. The van der Waals surface area contributed by atoms with E-state index in [1.54, 1.807) is 0 Å². The van der Waals surface area contributed by atoms with Gasteiger partial charge in [-0.1, -0.05) is 44.2 Å². The van der Waals surface area contributed by atoms with Crippen LogP contribution >= 0.6 is 0 Å². The Labute approximate surface area is 123 Å². The number of hydrogen-bond donors (Lipinski definition) is 1. The van der Waals surface area contributed by atoms with E-state index in [1.165, 1.54) is 5.56 Å². The van der Waals surface area contributed by atoms with Gasteiger partial charge in [0.15, 0.2) is 0 Å². The minimum Gasteiger partial charge on any atom is -0.391 e. The summed E-state index contributed by atoms with van der Waals surface area (Å²) in [5.41, 5.74) is 1.43. The van der Waals surface area contributed by atoms with Gasteiger partial charge in [0.2, 0.25) is 0 Å². The van der Waals surface area contributed by atoms with Crippen LogP contribution in [0.3, 0.4) is 0 Å². The Morgan fingerprint density at radius 3 is 2.35 bits per heavy atom. The van der Waals surface area contributed by atoms with Crippen LogP contribution in [-0.4, -0.2) is 35.2 Å². The van der Waals surface area contributed by atoms with E-state index in [1.807, 2.05) is 0 Å². The van der Waals surface area contributed by atoms with Crippen LogP contribution in [0.25, 0.3) is 0 Å². The fourth-order valence-corrected chi connectivity index (χ4v) is 3.37. The zero-order chi connectivity index (χ0) is 14.7. The van der Waals surface area contributed by atoms with Crippen molar-refractivity contribution in [2.75, 3.05) is 7.05 Å². The standard InChI is InChI=1S/C18H29NO/c1-13(2)14(3)19(4)17-12-16(10-11-18(17)20)15-8-6-5-7-9-15/h5-9,13-14,16-18,20H,10-12H2,1-4H3. The average molecular weight is 275 g/mol. The molecule has 0 saturated heterocycles. The molecule has 4 atom stereocenters. The maximum atomic E-state index is 10.4. The zero-order valence-corrected chi connectivity index (χ0v) is 13.3. The summed E-state index contributed by atoms with van der Waals surface area (Å²) in [5.74, 6) is 1.20. The molecule has 1 aliphatic rings. The Hall–Kier alpha value is -0.860. The molecule has 0 aliphatic heterocycles. The predicted molar refractivity (Wildman–Crippen MR) is 84.9 cm³/mol. The van der Waals surface area contributed by atoms with E-state index >= 15 is 0 Å². The molecule has 20 heavy (non-hydrogen) atoms. The monoisotopic (exact) mass is 275 g/mol. The molecule has 112 valence electrons. The van der Waals surface area contributed by atoms with Crippen molar-refractivity contribution in [2.45, 2.75) is 64.1 Å². The van der Waals surface area contributed by atoms with Crippen LogP contribution in [-0.2, 0) is 0 Å². The van der Waals surface area contributed by atoms with Crippen LogP contribution < -0.4 is 0 Å². The first-order valence-corrected chi connectivity index (χ1v) is 7.95. The molecule has 1 N–H and O–H groups in total. The van der Waals surface area contributed by atoms with E-state index in [0.717, 1.165) is 19.3 Å². The molecule has 1 aromatic carbocycles. The van der Waals surface area contributed by atoms with E-state index in [0.29, 0.717) is 17.9 Å². The summed E-state index contributed by atoms with van der Waals surface area (Å²) in [7, 11) is 2.17. The number of nitrogens with zero attached hydrogens (tertiary/aromatic N) is 1. The van der Waals surface area contributed by atoms with Gasteiger partial charge in [-0.05, 0) is 50.6 Å². The highest BCUT2D eigenvalue weighted by Gasteiger charge is 2.34. The largest absolute Gasteiger partial charge is 0.391 e. The lowest BCUT2D eigenvalue weighted by Gasteiger charge is -2.42. The molecule has 4 unspecified atom stereocenters. The smallest absolute Gasteiger partial charge is 0.0695 e. The molecule has 0 heterocycles. The average Bonchev–Trinajstić information content (AvgIpc) is 2.47. The van der Waals surface area contributed by atoms with Crippen molar-refractivity contribution < 1.29 is 5.11 Å². The summed E-state index contributed by atoms with van der Waals surface area (Å²) in [5, 5.41) is 10.4. The molecule has 1 aromatic rings. The molecule has 0 amide bonds. The second kappa shape index (κ2) is 6.73. The van der Waals surface area contributed by atoms with Crippen molar-refractivity contribution in [1.29, 1.82) is 0 Å². The number of rotatable bonds is 4. The quantitative estimate of drug-likeness (QED) is 0.906. The Kier molecular flexibility index (Phi) is 5.22. The Morgan fingerprint density at radius 1 is 1.10 bits per heavy atom. The van der Waals surface area contributed by atoms with Gasteiger partial charge < -0.3 is 5.11 Å². The molecule has 2 rings (SSSR count). The first kappa shape index (κ1) is 15.5. The van der Waals surface area contributed by atoms with Gasteiger partial charge in [0.25, 0.3) is 0 Å². The lowest BCUT2D eigenvalue weighted by Crippen LogP contribution is -2.50. The van der Waals surface area contributed by atoms with Crippen LogP contribution in [0.2, 0.25) is 0 Å². The summed E-state index contributed by atoms with van der Waals surface area (Å²) >= 11 is 0. The molecule has 1 fully saturated rings. The van der Waals surface area contributed by atoms with Gasteiger partial charge in [0.1, 0.15) is 0 Å². The SMILES string of the molecule is CC(C)C(C)N(C)C1CC(c2ccccc2)CCC1O. The van der Waals surface area contributed by atoms with Crippen molar-refractivity contribution in [2.24, 2.45) is 5.92 Å². The van der Waals surface area contributed by atoms with Gasteiger partial charge in [-0.15, -0.1) is 0 Å². The summed E-state index contributed by atoms with van der Waals surface area (Å²) in [4.78, 5) is 2.39. The van der Waals surface area contributed by atoms with E-state index in [2.05, 4.69) is 63.1 Å². The second-order valence-electron chi connectivity index (χ2n) is 6.71. The minimum absolute atomic E-state index is 0.179. The zero-order valence-electron chi connectivity index (χ0n) is 13.3. The van der Waals surface area contributed by atoms with Crippen molar-refractivity contribution >= 4 is 0 Å². The normalized spacial score (nSPS) is 28.9. The fourth-order valence-electron chi connectivity index (χ4n) is 3.37. The van der Waals surface area contributed by atoms with Gasteiger partial charge in [-0.3, -0.25) is 4.90 Å². The van der Waals surface area contributed by atoms with Gasteiger partial charge in [-0.2, -0.15) is 0 Å². The second-order valence-corrected chi connectivity index (χ2v) is 6.71. The lowest BCUT2D eigenvalue weighted by atomic mass is 9.79. The maximum absolute atomic E-state index is 10.4. The molecule has 0 bridgehead atoms. The molecule has 2 nitrogen and oxygen atoms in total. The van der Waals surface area contributed by atoms with Gasteiger partial charge in [0, 0.05) is 12.1 Å². The Bertz CT molecular complexity index is 403. The van der Waals surface area contributed by atoms with Crippen LogP contribution in [0, 0.1) is 5.92 Å². The third-order valence-electron chi connectivity index (χ3n) is 5.18. The number of aliphatic hydroxyl groups is 1. The summed E-state index contributed by atoms with van der Waals surface area (Å²) in [6.45, 7) is 6.78. The van der Waals surface area contributed by atoms with E-state index < -0.39 is 0 Å². The lowest BCUT2D eigenvalue weighted by molar-refractivity contribution is 0.00147. The van der Waals surface area contributed by atoms with Gasteiger partial charge in [0.05, 0.1) is 6.10 Å². The fraction of sp³-hybridized carbons (Fsp3) is 0.667. The molecule has 0 spiro atoms. The highest BCUT2D eigenvalue weighted by atomic mass is 16.3. The number of hydrogen-bond acceptors (Lipinski definition) is 2. The molecule has 0 aromatic heterocycles. The van der Waals surface area contributed by atoms with Crippen LogP contribution in [0.15, 0.2) is 30.3 Å². The van der Waals surface area contributed by atoms with Crippen LogP contribution in [0.1, 0.15) is 51.5 Å². The molecular formula is C18H29NO. The Morgan fingerprint density at radius 2 is 1.75 bits per heavy atom. The van der Waals surface area contributed by atoms with E-state index in [-0.39, 0.29) is 12.1 Å². The number of likely N-dealkylation sites (N-methyl/N-ethyl adjacent to an activating group) is 1. The van der Waals surface area contributed by atoms with E-state index in [9.17, 15) is 5.11 Å². The third-order valence-corrected chi connectivity index (χ3v) is 5.18. The molecular weight excluding hydrogens is 246 g/mol. The third kappa shape index (κ3) is 3.42. The highest BCUT2D eigenvalue weighted by Crippen LogP contribution is 2.35. The summed E-state index contributed by atoms with van der Waals surface area (Å²) in [6, 6.07) is 11.6. The number of aliphatic hydroxyl groups excluding tert-OH is 1. The van der Waals surface area contributed by atoms with Gasteiger partial charge >= 0.3 is 0 Å². The number of benzene rings is 1. The molecule has 0 radical (unpaired) electrons. The van der Waals surface area contributed by atoms with Gasteiger partial charge in [-0.25, -0.2) is 0 Å². The summed E-state index contributed by atoms with van der Waals surface area (Å²) < 4.78 is 0. The molecule has 2 heteroatoms. The molecule has 1 saturated carbocycles. The minimum atomic E-state index is -0.179. The van der Waals surface area contributed by atoms with Crippen molar-refractivity contribution in [3.8, 4) is 0 Å². The maximum Gasteiger partial charge on any atom is 0.0695 e. The van der Waals surface area contributed by atoms with E-state index in [4.69, 9.17) is 0 Å². The highest BCUT2D eigenvalue weighted by molar-refractivity contribution is 5.20. The summed E-state index contributed by atoms with van der Waals surface area (Å²) in [6.07, 6.45) is 2.91. The van der Waals surface area contributed by atoms with Crippen molar-refractivity contribution in [1.82, 2.24) is 4.90 Å². The van der Waals surface area contributed by atoms with Crippen molar-refractivity contribution in [3.63, 3.8) is 0 Å². The Balaban J connectivity index is 2.09. The first-order valence-electron chi connectivity index (χ1n) is 7.95.